The summed E-state index contributed by atoms with van der Waals surface area (Å²) >= 11 is 5.92. The molecule has 0 bridgehead atoms. The topological polar surface area (TPSA) is 120 Å². The second-order valence-corrected chi connectivity index (χ2v) is 9.06. The third kappa shape index (κ3) is 6.06. The summed E-state index contributed by atoms with van der Waals surface area (Å²) in [6.45, 7) is 10.9. The number of halogens is 1. The number of primary amides is 1. The molecule has 0 radical (unpaired) electrons. The van der Waals surface area contributed by atoms with Crippen LogP contribution in [0.4, 0.5) is 4.79 Å². The van der Waals surface area contributed by atoms with Crippen LogP contribution in [0.25, 0.3) is 10.9 Å². The van der Waals surface area contributed by atoms with Crippen LogP contribution in [0.1, 0.15) is 53.5 Å². The summed E-state index contributed by atoms with van der Waals surface area (Å²) in [6, 6.07) is 9.98. The molecule has 3 aromatic rings. The number of nitrogens with two attached hydrogens (primary N) is 1. The van der Waals surface area contributed by atoms with Crippen LogP contribution in [-0.4, -0.2) is 63.2 Å². The number of carbonyl (C=O) groups excluding carboxylic acids is 1. The maximum Gasteiger partial charge on any atom is 0.340 e. The summed E-state index contributed by atoms with van der Waals surface area (Å²) in [5, 5.41) is 21.3. The molecular weight excluding hydrogens is 480 g/mol. The number of aromatic carboxylic acids is 1. The molecule has 0 spiro atoms. The number of aromatic nitrogens is 1. The normalized spacial score (nSPS) is 12.8. The van der Waals surface area contributed by atoms with Gasteiger partial charge in [0.05, 0.1) is 11.2 Å². The lowest BCUT2D eigenvalue weighted by Crippen LogP contribution is -2.39. The highest BCUT2D eigenvalue weighted by molar-refractivity contribution is 6.30. The van der Waals surface area contributed by atoms with Crippen molar-refractivity contribution >= 4 is 34.5 Å². The minimum absolute atomic E-state index is 0.196. The zero-order chi connectivity index (χ0) is 26.4. The summed E-state index contributed by atoms with van der Waals surface area (Å²) in [5.74, 6) is -1.60. The Kier molecular flexibility index (Phi) is 9.12. The molecule has 36 heavy (non-hydrogen) atoms. The summed E-state index contributed by atoms with van der Waals surface area (Å²) in [7, 11) is 0. The minimum atomic E-state index is -1.24. The quantitative estimate of drug-likeness (QED) is 0.441. The highest BCUT2D eigenvalue weighted by Gasteiger charge is 2.26. The van der Waals surface area contributed by atoms with Gasteiger partial charge in [-0.3, -0.25) is 0 Å². The van der Waals surface area contributed by atoms with Crippen molar-refractivity contribution < 1.29 is 19.8 Å². The van der Waals surface area contributed by atoms with Gasteiger partial charge < -0.3 is 25.7 Å². The maximum absolute atomic E-state index is 11.9. The standard InChI is InChI=1S/C21H18ClN3O4.C6H15N/c22-13-4-1-11(2-5-13)9-16-19(26)17(20(27)28)14-6-3-12-7-8-25(21(23)29)10-15(12)18(14)24-16;1-4-7(5-2)6-3/h1-6,26H,7-10H2,(H2,23,29)(H,27,28);4-6H2,1-3H3. The van der Waals surface area contributed by atoms with Gasteiger partial charge in [-0.1, -0.05) is 56.6 Å². The van der Waals surface area contributed by atoms with E-state index in [0.717, 1.165) is 16.7 Å². The van der Waals surface area contributed by atoms with Crippen molar-refractivity contribution in [1.29, 1.82) is 0 Å². The Hall–Kier alpha value is -3.36. The largest absolute Gasteiger partial charge is 0.505 e. The van der Waals surface area contributed by atoms with E-state index >= 15 is 0 Å². The molecule has 1 aliphatic heterocycles. The Labute approximate surface area is 216 Å². The number of rotatable bonds is 6. The van der Waals surface area contributed by atoms with Gasteiger partial charge in [-0.15, -0.1) is 0 Å². The van der Waals surface area contributed by atoms with Crippen molar-refractivity contribution in [3.8, 4) is 5.75 Å². The molecule has 1 aromatic heterocycles. The minimum Gasteiger partial charge on any atom is -0.505 e. The second kappa shape index (κ2) is 12.1. The molecule has 4 rings (SSSR count). The summed E-state index contributed by atoms with van der Waals surface area (Å²) < 4.78 is 0. The number of aromatic hydroxyl groups is 1. The van der Waals surface area contributed by atoms with E-state index in [9.17, 15) is 19.8 Å². The number of hydrogen-bond acceptors (Lipinski definition) is 5. The predicted octanol–water partition coefficient (Wildman–Crippen LogP) is 4.67. The fourth-order valence-corrected chi connectivity index (χ4v) is 4.52. The van der Waals surface area contributed by atoms with Gasteiger partial charge >= 0.3 is 12.0 Å². The van der Waals surface area contributed by atoms with Crippen molar-refractivity contribution in [2.75, 3.05) is 26.2 Å². The van der Waals surface area contributed by atoms with Crippen molar-refractivity contribution in [1.82, 2.24) is 14.8 Å². The van der Waals surface area contributed by atoms with Crippen molar-refractivity contribution in [3.63, 3.8) is 0 Å². The Morgan fingerprint density at radius 1 is 1.08 bits per heavy atom. The predicted molar refractivity (Wildman–Crippen MR) is 142 cm³/mol. The van der Waals surface area contributed by atoms with Crippen LogP contribution in [0.2, 0.25) is 5.02 Å². The van der Waals surface area contributed by atoms with Crippen LogP contribution >= 0.6 is 11.6 Å². The molecule has 2 heterocycles. The maximum atomic E-state index is 11.9. The van der Waals surface area contributed by atoms with Crippen molar-refractivity contribution in [3.05, 3.63) is 69.4 Å². The molecular formula is C27H33ClN4O4. The first-order chi connectivity index (χ1) is 17.2. The van der Waals surface area contributed by atoms with Gasteiger partial charge in [0, 0.05) is 35.5 Å². The third-order valence-corrected chi connectivity index (χ3v) is 6.81. The van der Waals surface area contributed by atoms with E-state index in [4.69, 9.17) is 17.3 Å². The van der Waals surface area contributed by atoms with E-state index in [1.807, 2.05) is 6.07 Å². The number of carbonyl (C=O) groups is 2. The zero-order valence-corrected chi connectivity index (χ0v) is 21.7. The van der Waals surface area contributed by atoms with E-state index in [-0.39, 0.29) is 30.0 Å². The molecule has 0 aliphatic carbocycles. The van der Waals surface area contributed by atoms with Crippen molar-refractivity contribution in [2.24, 2.45) is 5.73 Å². The van der Waals surface area contributed by atoms with Crippen LogP contribution in [0.5, 0.6) is 5.75 Å². The molecule has 0 saturated carbocycles. The number of carboxylic acids is 1. The molecule has 0 fully saturated rings. The van der Waals surface area contributed by atoms with Crippen LogP contribution in [0, 0.1) is 0 Å². The average Bonchev–Trinajstić information content (AvgIpc) is 2.86. The van der Waals surface area contributed by atoms with Gasteiger partial charge in [0.15, 0.2) is 5.75 Å². The molecule has 2 amide bonds. The second-order valence-electron chi connectivity index (χ2n) is 8.62. The van der Waals surface area contributed by atoms with Crippen molar-refractivity contribution in [2.45, 2.75) is 40.2 Å². The van der Waals surface area contributed by atoms with Crippen LogP contribution < -0.4 is 5.73 Å². The first-order valence-electron chi connectivity index (χ1n) is 12.1. The molecule has 192 valence electrons. The van der Waals surface area contributed by atoms with E-state index in [2.05, 4.69) is 30.7 Å². The average molecular weight is 513 g/mol. The van der Waals surface area contributed by atoms with Gasteiger partial charge in [0.25, 0.3) is 0 Å². The third-order valence-electron chi connectivity index (χ3n) is 6.56. The highest BCUT2D eigenvalue weighted by atomic mass is 35.5. The van der Waals surface area contributed by atoms with Crippen LogP contribution in [0.3, 0.4) is 0 Å². The Bertz CT molecular complexity index is 1240. The van der Waals surface area contributed by atoms with Crippen LogP contribution in [0.15, 0.2) is 36.4 Å². The molecule has 1 aliphatic rings. The molecule has 9 heteroatoms. The number of nitrogens with zero attached hydrogens (tertiary/aromatic N) is 3. The number of amides is 2. The fraction of sp³-hybridized carbons (Fsp3) is 0.370. The summed E-state index contributed by atoms with van der Waals surface area (Å²) in [4.78, 5) is 32.1. The molecule has 2 aromatic carbocycles. The first-order valence-corrected chi connectivity index (χ1v) is 12.5. The Morgan fingerprint density at radius 3 is 2.25 bits per heavy atom. The highest BCUT2D eigenvalue weighted by Crippen LogP contribution is 2.35. The van der Waals surface area contributed by atoms with Gasteiger partial charge in [0.2, 0.25) is 0 Å². The summed E-state index contributed by atoms with van der Waals surface area (Å²) in [5.41, 5.74) is 8.53. The Morgan fingerprint density at radius 2 is 1.72 bits per heavy atom. The van der Waals surface area contributed by atoms with Gasteiger partial charge in [-0.25, -0.2) is 14.6 Å². The number of hydrogen-bond donors (Lipinski definition) is 3. The van der Waals surface area contributed by atoms with E-state index < -0.39 is 12.0 Å². The SMILES string of the molecule is CCN(CC)CC.NC(=O)N1CCc2ccc3c(C(=O)O)c(O)c(Cc4ccc(Cl)cc4)nc3c2C1. The number of carboxylic acid groups (broad SMARTS) is 1. The lowest BCUT2D eigenvalue weighted by molar-refractivity contribution is 0.0695. The van der Waals surface area contributed by atoms with E-state index in [1.165, 1.54) is 24.5 Å². The number of urea groups is 1. The number of pyridine rings is 1. The molecule has 0 saturated heterocycles. The first kappa shape index (κ1) is 27.2. The lowest BCUT2D eigenvalue weighted by atomic mass is 9.93. The van der Waals surface area contributed by atoms with E-state index in [0.29, 0.717) is 28.9 Å². The number of fused-ring (bicyclic) bond motifs is 3. The van der Waals surface area contributed by atoms with Gasteiger partial charge in [-0.2, -0.15) is 0 Å². The molecule has 4 N–H and O–H groups in total. The fourth-order valence-electron chi connectivity index (χ4n) is 4.40. The van der Waals surface area contributed by atoms with Crippen LogP contribution in [-0.2, 0) is 19.4 Å². The Balaban J connectivity index is 0.000000454. The zero-order valence-electron chi connectivity index (χ0n) is 20.9. The number of benzene rings is 2. The van der Waals surface area contributed by atoms with Gasteiger partial charge in [-0.05, 0) is 49.3 Å². The molecule has 8 nitrogen and oxygen atoms in total. The lowest BCUT2D eigenvalue weighted by Gasteiger charge is -2.28. The molecule has 0 atom stereocenters. The van der Waals surface area contributed by atoms with E-state index in [1.54, 1.807) is 30.3 Å². The smallest absolute Gasteiger partial charge is 0.340 e. The monoisotopic (exact) mass is 512 g/mol. The molecule has 0 unspecified atom stereocenters. The summed E-state index contributed by atoms with van der Waals surface area (Å²) in [6.07, 6.45) is 0.841. The van der Waals surface area contributed by atoms with Gasteiger partial charge in [0.1, 0.15) is 5.56 Å².